The number of ether oxygens (including phenoxy) is 1. The maximum absolute atomic E-state index is 12.7. The van der Waals surface area contributed by atoms with Crippen molar-refractivity contribution in [3.63, 3.8) is 0 Å². The van der Waals surface area contributed by atoms with E-state index in [0.717, 1.165) is 48.1 Å². The summed E-state index contributed by atoms with van der Waals surface area (Å²) in [7, 11) is -3.65. The molecule has 1 aromatic carbocycles. The molecule has 0 atom stereocenters. The van der Waals surface area contributed by atoms with Crippen molar-refractivity contribution < 1.29 is 17.9 Å². The number of hydrogen-bond donors (Lipinski definition) is 2. The maximum Gasteiger partial charge on any atom is 0.271 e. The number of carbonyl (C=O) groups excluding carboxylic acids is 1. The molecule has 182 valence electrons. The Hall–Kier alpha value is -2.58. The predicted octanol–water partition coefficient (Wildman–Crippen LogP) is 4.37. The smallest absolute Gasteiger partial charge is 0.271 e. The van der Waals surface area contributed by atoms with Crippen molar-refractivity contribution >= 4 is 33.1 Å². The lowest BCUT2D eigenvalue weighted by Gasteiger charge is -2.14. The molecule has 9 heteroatoms. The van der Waals surface area contributed by atoms with Crippen molar-refractivity contribution in [1.82, 2.24) is 9.71 Å². The highest BCUT2D eigenvalue weighted by Crippen LogP contribution is 2.39. The normalized spacial score (nSPS) is 17.1. The molecule has 2 saturated carbocycles. The molecule has 0 saturated heterocycles. The number of rotatable bonds is 9. The van der Waals surface area contributed by atoms with Gasteiger partial charge in [0.05, 0.1) is 10.8 Å². The zero-order valence-electron chi connectivity index (χ0n) is 19.1. The molecule has 1 heterocycles. The van der Waals surface area contributed by atoms with Gasteiger partial charge in [-0.2, -0.15) is 0 Å². The minimum atomic E-state index is -3.65. The molecular weight excluding hydrogens is 476 g/mol. The molecule has 1 amide bonds. The number of benzene rings is 1. The Kier molecular flexibility index (Phi) is 7.48. The van der Waals surface area contributed by atoms with Crippen LogP contribution in [-0.2, 0) is 14.8 Å². The Bertz CT molecular complexity index is 1260. The highest BCUT2D eigenvalue weighted by atomic mass is 35.5. The molecule has 0 unspecified atom stereocenters. The topological polar surface area (TPSA) is 105 Å². The fraction of sp³-hybridized carbons (Fsp3) is 0.440. The van der Waals surface area contributed by atoms with E-state index in [9.17, 15) is 18.0 Å². The molecule has 2 aliphatic carbocycles. The Balaban J connectivity index is 1.57. The Morgan fingerprint density at radius 3 is 2.53 bits per heavy atom. The molecule has 0 bridgehead atoms. The van der Waals surface area contributed by atoms with Gasteiger partial charge in [-0.25, -0.2) is 8.42 Å². The third-order valence-electron chi connectivity index (χ3n) is 6.30. The van der Waals surface area contributed by atoms with Gasteiger partial charge in [0.2, 0.25) is 10.0 Å². The average Bonchev–Trinajstić information content (AvgIpc) is 3.51. The summed E-state index contributed by atoms with van der Waals surface area (Å²) in [6.45, 7) is 0.967. The van der Waals surface area contributed by atoms with Crippen molar-refractivity contribution in [3.05, 3.63) is 68.6 Å². The first-order valence-corrected chi connectivity index (χ1v) is 13.7. The van der Waals surface area contributed by atoms with Crippen LogP contribution in [0.5, 0.6) is 5.75 Å². The van der Waals surface area contributed by atoms with E-state index in [2.05, 4.69) is 11.1 Å². The van der Waals surface area contributed by atoms with Crippen molar-refractivity contribution in [1.29, 1.82) is 0 Å². The molecule has 1 aromatic heterocycles. The van der Waals surface area contributed by atoms with E-state index in [-0.39, 0.29) is 22.1 Å². The Morgan fingerprint density at radius 1 is 1.18 bits per heavy atom. The standard InChI is InChI=1S/C25H29ClN2O5S/c1-2-34(31,32)28-24(29)15-33-23-12-9-18(14-21(23)26)20(13-16-5-3-4-6-16)22-11-10-19(17-7-8-17)25(30)27-22/h9-14,16-17H,2-8,15H2,1H3,(H,27,30)(H,28,29)/b20-13+. The number of halogens is 1. The Morgan fingerprint density at radius 2 is 1.91 bits per heavy atom. The Labute approximate surface area is 204 Å². The highest BCUT2D eigenvalue weighted by molar-refractivity contribution is 7.90. The number of hydrogen-bond acceptors (Lipinski definition) is 5. The number of aromatic amines is 1. The fourth-order valence-electron chi connectivity index (χ4n) is 4.26. The molecule has 2 aromatic rings. The molecule has 4 rings (SSSR count). The number of sulfonamides is 1. The van der Waals surface area contributed by atoms with Gasteiger partial charge in [0.1, 0.15) is 5.75 Å². The second-order valence-corrected chi connectivity index (χ2v) is 11.3. The monoisotopic (exact) mass is 504 g/mol. The van der Waals surface area contributed by atoms with Crippen LogP contribution >= 0.6 is 11.6 Å². The van der Waals surface area contributed by atoms with Gasteiger partial charge in [-0.15, -0.1) is 0 Å². The summed E-state index contributed by atoms with van der Waals surface area (Å²) in [5.74, 6) is 0.106. The van der Waals surface area contributed by atoms with Crippen molar-refractivity contribution in [3.8, 4) is 5.75 Å². The summed E-state index contributed by atoms with van der Waals surface area (Å²) in [4.78, 5) is 27.6. The van der Waals surface area contributed by atoms with Crippen LogP contribution in [-0.4, -0.2) is 31.7 Å². The van der Waals surface area contributed by atoms with E-state index in [1.54, 1.807) is 12.1 Å². The lowest BCUT2D eigenvalue weighted by Crippen LogP contribution is -2.35. The van der Waals surface area contributed by atoms with Crippen LogP contribution in [0.4, 0.5) is 0 Å². The van der Waals surface area contributed by atoms with E-state index in [4.69, 9.17) is 16.3 Å². The number of carbonyl (C=O) groups is 1. The number of amides is 1. The predicted molar refractivity (Wildman–Crippen MR) is 133 cm³/mol. The van der Waals surface area contributed by atoms with Gasteiger partial charge in [0.25, 0.3) is 11.5 Å². The highest BCUT2D eigenvalue weighted by Gasteiger charge is 2.26. The summed E-state index contributed by atoms with van der Waals surface area (Å²) in [6, 6.07) is 9.11. The van der Waals surface area contributed by atoms with E-state index >= 15 is 0 Å². The third kappa shape index (κ3) is 6.10. The second kappa shape index (κ2) is 10.4. The van der Waals surface area contributed by atoms with Crippen molar-refractivity contribution in [2.75, 3.05) is 12.4 Å². The molecule has 7 nitrogen and oxygen atoms in total. The summed E-state index contributed by atoms with van der Waals surface area (Å²) in [5, 5.41) is 0.290. The molecular formula is C25H29ClN2O5S. The minimum Gasteiger partial charge on any atom is -0.482 e. The van der Waals surface area contributed by atoms with Crippen molar-refractivity contribution in [2.45, 2.75) is 51.4 Å². The average molecular weight is 505 g/mol. The van der Waals surface area contributed by atoms with E-state index in [0.29, 0.717) is 11.8 Å². The van der Waals surface area contributed by atoms with Gasteiger partial charge < -0.3 is 9.72 Å². The zero-order valence-corrected chi connectivity index (χ0v) is 20.7. The zero-order chi connectivity index (χ0) is 24.3. The number of H-pyrrole nitrogens is 1. The first kappa shape index (κ1) is 24.5. The summed E-state index contributed by atoms with van der Waals surface area (Å²) >= 11 is 6.45. The number of allylic oxidation sites excluding steroid dienone is 1. The molecule has 2 N–H and O–H groups in total. The van der Waals surface area contributed by atoms with Gasteiger partial charge in [0, 0.05) is 16.8 Å². The number of pyridine rings is 1. The minimum absolute atomic E-state index is 0.0450. The third-order valence-corrected chi connectivity index (χ3v) is 7.89. The van der Waals surface area contributed by atoms with Crippen LogP contribution in [0.15, 0.2) is 41.2 Å². The van der Waals surface area contributed by atoms with Crippen molar-refractivity contribution in [2.24, 2.45) is 5.92 Å². The quantitative estimate of drug-likeness (QED) is 0.527. The second-order valence-electron chi connectivity index (χ2n) is 8.92. The van der Waals surface area contributed by atoms with Gasteiger partial charge in [-0.3, -0.25) is 14.3 Å². The first-order chi connectivity index (χ1) is 16.3. The van der Waals surface area contributed by atoms with Gasteiger partial charge in [-0.05, 0) is 68.2 Å². The van der Waals surface area contributed by atoms with Crippen LogP contribution in [0.2, 0.25) is 5.02 Å². The summed E-state index contributed by atoms with van der Waals surface area (Å²) in [6.07, 6.45) is 8.94. The van der Waals surface area contributed by atoms with Gasteiger partial charge in [-0.1, -0.05) is 42.7 Å². The van der Waals surface area contributed by atoms with Gasteiger partial charge >= 0.3 is 0 Å². The first-order valence-electron chi connectivity index (χ1n) is 11.7. The molecule has 0 aliphatic heterocycles. The fourth-order valence-corrected chi connectivity index (χ4v) is 5.05. The van der Waals surface area contributed by atoms with Crippen LogP contribution in [0.1, 0.15) is 68.2 Å². The number of aromatic nitrogens is 1. The summed E-state index contributed by atoms with van der Waals surface area (Å²) in [5.41, 5.74) is 3.28. The molecule has 0 radical (unpaired) electrons. The molecule has 34 heavy (non-hydrogen) atoms. The lowest BCUT2D eigenvalue weighted by molar-refractivity contribution is -0.121. The molecule has 0 spiro atoms. The molecule has 2 fully saturated rings. The summed E-state index contributed by atoms with van der Waals surface area (Å²) < 4.78 is 30.4. The van der Waals surface area contributed by atoms with Crippen LogP contribution < -0.4 is 15.0 Å². The van der Waals surface area contributed by atoms with Crippen LogP contribution in [0.25, 0.3) is 5.57 Å². The van der Waals surface area contributed by atoms with E-state index in [1.807, 2.05) is 22.9 Å². The number of nitrogens with one attached hydrogen (secondary N) is 2. The largest absolute Gasteiger partial charge is 0.482 e. The van der Waals surface area contributed by atoms with Crippen LogP contribution in [0.3, 0.4) is 0 Å². The van der Waals surface area contributed by atoms with Gasteiger partial charge in [0.15, 0.2) is 6.61 Å². The van der Waals surface area contributed by atoms with E-state index < -0.39 is 22.5 Å². The SMILES string of the molecule is CCS(=O)(=O)NC(=O)COc1ccc(/C(=C\C2CCCC2)c2ccc(C3CC3)c(=O)[nH]2)cc1Cl. The molecule has 2 aliphatic rings. The lowest BCUT2D eigenvalue weighted by atomic mass is 9.95. The van der Waals surface area contributed by atoms with Crippen LogP contribution in [0, 0.1) is 5.92 Å². The van der Waals surface area contributed by atoms with E-state index in [1.165, 1.54) is 19.8 Å². The maximum atomic E-state index is 12.7.